The van der Waals surface area contributed by atoms with Gasteiger partial charge in [-0.3, -0.25) is 10.1 Å². The lowest BCUT2D eigenvalue weighted by molar-refractivity contribution is -0.387. The highest BCUT2D eigenvalue weighted by molar-refractivity contribution is 5.36. The Balaban J connectivity index is 2.00. The lowest BCUT2D eigenvalue weighted by Crippen LogP contribution is -2.14. The molecule has 0 bridgehead atoms. The average molecular weight is 290 g/mol. The predicted octanol–water partition coefficient (Wildman–Crippen LogP) is 2.52. The molecule has 110 valence electrons. The minimum atomic E-state index is -0.806. The molecule has 0 amide bonds. The van der Waals surface area contributed by atoms with Crippen LogP contribution in [-0.2, 0) is 19.7 Å². The van der Waals surface area contributed by atoms with Gasteiger partial charge in [0.05, 0.1) is 11.5 Å². The summed E-state index contributed by atoms with van der Waals surface area (Å²) in [6.07, 6.45) is 0. The van der Waals surface area contributed by atoms with Gasteiger partial charge in [-0.15, -0.1) is 0 Å². The van der Waals surface area contributed by atoms with E-state index in [1.54, 1.807) is 0 Å². The number of halogens is 1. The summed E-state index contributed by atoms with van der Waals surface area (Å²) in [5, 5.41) is 22.7. The number of aliphatic hydroxyl groups excluding tert-OH is 1. The minimum Gasteiger partial charge on any atom is -0.392 e. The van der Waals surface area contributed by atoms with Crippen molar-refractivity contribution in [3.63, 3.8) is 0 Å². The summed E-state index contributed by atoms with van der Waals surface area (Å²) in [5.74, 6) is -0.806. The van der Waals surface area contributed by atoms with Crippen molar-refractivity contribution in [1.29, 1.82) is 0 Å². The van der Waals surface area contributed by atoms with Gasteiger partial charge >= 0.3 is 5.69 Å². The zero-order valence-corrected chi connectivity index (χ0v) is 11.3. The van der Waals surface area contributed by atoms with E-state index in [1.807, 2.05) is 24.3 Å². The maximum absolute atomic E-state index is 13.9. The fraction of sp³-hybridized carbons (Fsp3) is 0.200. The number of benzene rings is 2. The summed E-state index contributed by atoms with van der Waals surface area (Å²) in [4.78, 5) is 9.93. The molecule has 0 unspecified atom stereocenters. The summed E-state index contributed by atoms with van der Waals surface area (Å²) >= 11 is 0. The molecule has 0 heterocycles. The molecule has 6 heteroatoms. The number of hydrogen-bond donors (Lipinski definition) is 2. The molecule has 2 N–H and O–H groups in total. The topological polar surface area (TPSA) is 75.4 Å². The second-order valence-corrected chi connectivity index (χ2v) is 4.59. The minimum absolute atomic E-state index is 0.0344. The fourth-order valence-electron chi connectivity index (χ4n) is 2.02. The van der Waals surface area contributed by atoms with Crippen LogP contribution in [0.25, 0.3) is 0 Å². The summed E-state index contributed by atoms with van der Waals surface area (Å²) < 4.78 is 13.9. The van der Waals surface area contributed by atoms with Gasteiger partial charge in [0.15, 0.2) is 0 Å². The van der Waals surface area contributed by atoms with E-state index >= 15 is 0 Å². The lowest BCUT2D eigenvalue weighted by Gasteiger charge is -2.07. The van der Waals surface area contributed by atoms with Crippen molar-refractivity contribution in [2.45, 2.75) is 19.7 Å². The molecule has 2 rings (SSSR count). The molecule has 0 saturated carbocycles. The monoisotopic (exact) mass is 290 g/mol. The van der Waals surface area contributed by atoms with E-state index < -0.39 is 16.4 Å². The molecule has 2 aromatic carbocycles. The normalized spacial score (nSPS) is 10.6. The predicted molar refractivity (Wildman–Crippen MR) is 76.0 cm³/mol. The summed E-state index contributed by atoms with van der Waals surface area (Å²) in [6.45, 7) is 0.639. The summed E-state index contributed by atoms with van der Waals surface area (Å²) in [7, 11) is 0. The molecular weight excluding hydrogens is 275 g/mol. The summed E-state index contributed by atoms with van der Waals surface area (Å²) in [5.41, 5.74) is 1.49. The Morgan fingerprint density at radius 1 is 1.14 bits per heavy atom. The van der Waals surface area contributed by atoms with E-state index in [-0.39, 0.29) is 18.7 Å². The number of nitro groups is 1. The van der Waals surface area contributed by atoms with Crippen molar-refractivity contribution in [2.24, 2.45) is 0 Å². The zero-order valence-electron chi connectivity index (χ0n) is 11.3. The molecule has 0 atom stereocenters. The molecule has 2 aromatic rings. The first-order chi connectivity index (χ1) is 10.1. The van der Waals surface area contributed by atoms with Crippen LogP contribution < -0.4 is 5.32 Å². The van der Waals surface area contributed by atoms with Crippen molar-refractivity contribution in [3.05, 3.63) is 75.1 Å². The van der Waals surface area contributed by atoms with Gasteiger partial charge in [-0.1, -0.05) is 36.4 Å². The molecular formula is C15H15FN2O3. The lowest BCUT2D eigenvalue weighted by atomic mass is 10.1. The molecule has 0 aliphatic heterocycles. The van der Waals surface area contributed by atoms with Gasteiger partial charge < -0.3 is 10.4 Å². The van der Waals surface area contributed by atoms with Gasteiger partial charge in [0.25, 0.3) is 0 Å². The molecule has 0 spiro atoms. The number of nitro benzene ring substituents is 1. The summed E-state index contributed by atoms with van der Waals surface area (Å²) in [6, 6.07) is 11.5. The number of hydrogen-bond acceptors (Lipinski definition) is 4. The van der Waals surface area contributed by atoms with Crippen LogP contribution in [0.5, 0.6) is 0 Å². The van der Waals surface area contributed by atoms with Gasteiger partial charge in [-0.05, 0) is 11.1 Å². The highest BCUT2D eigenvalue weighted by Gasteiger charge is 2.16. The quantitative estimate of drug-likeness (QED) is 0.633. The zero-order chi connectivity index (χ0) is 15.2. The second-order valence-electron chi connectivity index (χ2n) is 4.59. The Morgan fingerprint density at radius 3 is 2.57 bits per heavy atom. The Bertz CT molecular complexity index is 647. The van der Waals surface area contributed by atoms with Crippen LogP contribution >= 0.6 is 0 Å². The molecule has 21 heavy (non-hydrogen) atoms. The number of nitrogens with zero attached hydrogens (tertiary/aromatic N) is 1. The van der Waals surface area contributed by atoms with Gasteiger partial charge in [0, 0.05) is 24.7 Å². The number of rotatable bonds is 6. The highest BCUT2D eigenvalue weighted by Crippen LogP contribution is 2.20. The SMILES string of the molecule is O=[N+]([O-])c1cccc(CNCc2cccc(CO)c2)c1F. The van der Waals surface area contributed by atoms with Crippen molar-refractivity contribution >= 4 is 5.69 Å². The number of nitrogens with one attached hydrogen (secondary N) is 1. The molecule has 5 nitrogen and oxygen atoms in total. The Labute approximate surface area is 121 Å². The van der Waals surface area contributed by atoms with Crippen molar-refractivity contribution in [3.8, 4) is 0 Å². The van der Waals surface area contributed by atoms with Crippen LogP contribution in [0.2, 0.25) is 0 Å². The standard InChI is InChI=1S/C15H15FN2O3/c16-15-13(5-2-6-14(15)18(20)21)9-17-8-11-3-1-4-12(7-11)10-19/h1-7,17,19H,8-10H2. The van der Waals surface area contributed by atoms with E-state index in [1.165, 1.54) is 12.1 Å². The van der Waals surface area contributed by atoms with E-state index in [0.717, 1.165) is 17.2 Å². The third-order valence-electron chi connectivity index (χ3n) is 3.07. The first kappa shape index (κ1) is 15.1. The van der Waals surface area contributed by atoms with Crippen LogP contribution in [0.3, 0.4) is 0 Å². The largest absolute Gasteiger partial charge is 0.392 e. The molecule has 0 aromatic heterocycles. The van der Waals surface area contributed by atoms with E-state index in [2.05, 4.69) is 5.32 Å². The van der Waals surface area contributed by atoms with E-state index in [9.17, 15) is 14.5 Å². The smallest absolute Gasteiger partial charge is 0.305 e. The molecule has 0 fully saturated rings. The van der Waals surface area contributed by atoms with Gasteiger partial charge in [-0.2, -0.15) is 4.39 Å². The molecule has 0 saturated heterocycles. The van der Waals surface area contributed by atoms with Crippen LogP contribution in [0.1, 0.15) is 16.7 Å². The van der Waals surface area contributed by atoms with E-state index in [0.29, 0.717) is 6.54 Å². The van der Waals surface area contributed by atoms with Crippen LogP contribution in [-0.4, -0.2) is 10.0 Å². The van der Waals surface area contributed by atoms with Gasteiger partial charge in [-0.25, -0.2) is 0 Å². The van der Waals surface area contributed by atoms with Crippen molar-refractivity contribution in [2.75, 3.05) is 0 Å². The Kier molecular flexibility index (Phi) is 4.97. The Morgan fingerprint density at radius 2 is 1.86 bits per heavy atom. The van der Waals surface area contributed by atoms with E-state index in [4.69, 9.17) is 5.11 Å². The average Bonchev–Trinajstić information content (AvgIpc) is 2.49. The van der Waals surface area contributed by atoms with Gasteiger partial charge in [0.1, 0.15) is 0 Å². The van der Waals surface area contributed by atoms with Crippen molar-refractivity contribution in [1.82, 2.24) is 5.32 Å². The highest BCUT2D eigenvalue weighted by atomic mass is 19.1. The van der Waals surface area contributed by atoms with Crippen LogP contribution in [0, 0.1) is 15.9 Å². The third kappa shape index (κ3) is 3.84. The fourth-order valence-corrected chi connectivity index (χ4v) is 2.02. The number of aliphatic hydroxyl groups is 1. The maximum Gasteiger partial charge on any atom is 0.305 e. The van der Waals surface area contributed by atoms with Crippen LogP contribution in [0.4, 0.5) is 10.1 Å². The molecule has 0 aliphatic carbocycles. The molecule has 0 aliphatic rings. The van der Waals surface area contributed by atoms with Crippen molar-refractivity contribution < 1.29 is 14.4 Å². The second kappa shape index (κ2) is 6.92. The maximum atomic E-state index is 13.9. The van der Waals surface area contributed by atoms with Gasteiger partial charge in [0.2, 0.25) is 5.82 Å². The van der Waals surface area contributed by atoms with Crippen LogP contribution in [0.15, 0.2) is 42.5 Å². The first-order valence-electron chi connectivity index (χ1n) is 6.43. The third-order valence-corrected chi connectivity index (χ3v) is 3.07. The first-order valence-corrected chi connectivity index (χ1v) is 6.43. The Hall–Kier alpha value is -2.31. The molecule has 0 radical (unpaired) electrons.